The minimum Gasteiger partial charge on any atom is -0.391 e. The lowest BCUT2D eigenvalue weighted by molar-refractivity contribution is -0.119. The van der Waals surface area contributed by atoms with Crippen LogP contribution in [0.2, 0.25) is 5.02 Å². The molecule has 0 radical (unpaired) electrons. The maximum atomic E-state index is 12.1. The largest absolute Gasteiger partial charge is 0.391 e. The first-order chi connectivity index (χ1) is 15.0. The Morgan fingerprint density at radius 2 is 2.03 bits per heavy atom. The number of amides is 1. The molecule has 1 amide bonds. The number of nitrogens with two attached hydrogens (primary N) is 1. The fourth-order valence-corrected chi connectivity index (χ4v) is 6.60. The van der Waals surface area contributed by atoms with E-state index in [-0.39, 0.29) is 0 Å². The lowest BCUT2D eigenvalue weighted by Gasteiger charge is -2.25. The number of anilines is 1. The Morgan fingerprint density at radius 1 is 1.26 bits per heavy atom. The number of carbonyl (C=O) groups is 1. The topological polar surface area (TPSA) is 92.3 Å². The van der Waals surface area contributed by atoms with Crippen LogP contribution in [0, 0.1) is 0 Å². The van der Waals surface area contributed by atoms with Gasteiger partial charge in [-0.2, -0.15) is 0 Å². The number of thioether (sulfide) groups is 1. The third-order valence-electron chi connectivity index (χ3n) is 5.90. The maximum absolute atomic E-state index is 12.1. The summed E-state index contributed by atoms with van der Waals surface area (Å²) in [7, 11) is 0. The molecule has 0 bridgehead atoms. The normalized spacial score (nSPS) is 20.9. The van der Waals surface area contributed by atoms with Crippen LogP contribution in [-0.4, -0.2) is 39.7 Å². The molecule has 1 aromatic carbocycles. The van der Waals surface area contributed by atoms with Gasteiger partial charge < -0.3 is 15.7 Å². The van der Waals surface area contributed by atoms with E-state index in [0.717, 1.165) is 40.2 Å². The van der Waals surface area contributed by atoms with Crippen molar-refractivity contribution in [3.05, 3.63) is 45.6 Å². The molecule has 2 aromatic heterocycles. The Bertz CT molecular complexity index is 1130. The SMILES string of the molecule is NC(=O)[C@@H]1C[C@H](O)CN1c1nc(CSc2ccc(Cl)cc2)nc2sc3c(c12)CCCC3. The van der Waals surface area contributed by atoms with Gasteiger partial charge in [0, 0.05) is 27.8 Å². The van der Waals surface area contributed by atoms with Gasteiger partial charge in [-0.3, -0.25) is 4.79 Å². The van der Waals surface area contributed by atoms with E-state index in [0.29, 0.717) is 29.6 Å². The molecule has 5 rings (SSSR count). The monoisotopic (exact) mass is 474 g/mol. The summed E-state index contributed by atoms with van der Waals surface area (Å²) in [6.07, 6.45) is 4.14. The Kier molecular flexibility index (Phi) is 5.81. The molecular formula is C22H23ClN4O2S2. The van der Waals surface area contributed by atoms with Gasteiger partial charge in [-0.05, 0) is 55.5 Å². The fourth-order valence-electron chi connectivity index (χ4n) is 4.45. The van der Waals surface area contributed by atoms with Crippen LogP contribution in [-0.2, 0) is 23.4 Å². The van der Waals surface area contributed by atoms with Crippen LogP contribution in [0.5, 0.6) is 0 Å². The number of aryl methyl sites for hydroxylation is 2. The first-order valence-corrected chi connectivity index (χ1v) is 12.6. The zero-order valence-corrected chi connectivity index (χ0v) is 19.3. The highest BCUT2D eigenvalue weighted by Crippen LogP contribution is 2.41. The van der Waals surface area contributed by atoms with E-state index >= 15 is 0 Å². The molecule has 0 saturated carbocycles. The summed E-state index contributed by atoms with van der Waals surface area (Å²) in [6, 6.07) is 7.15. The van der Waals surface area contributed by atoms with Gasteiger partial charge in [-0.1, -0.05) is 11.6 Å². The fraction of sp³-hybridized carbons (Fsp3) is 0.409. The van der Waals surface area contributed by atoms with Gasteiger partial charge in [0.25, 0.3) is 0 Å². The number of aliphatic hydroxyl groups excluding tert-OH is 1. The van der Waals surface area contributed by atoms with Crippen LogP contribution >= 0.6 is 34.7 Å². The highest BCUT2D eigenvalue weighted by Gasteiger charge is 2.37. The molecule has 3 heterocycles. The molecule has 2 atom stereocenters. The second-order valence-electron chi connectivity index (χ2n) is 8.06. The van der Waals surface area contributed by atoms with Gasteiger partial charge in [0.1, 0.15) is 22.5 Å². The van der Waals surface area contributed by atoms with Crippen molar-refractivity contribution in [3.8, 4) is 0 Å². The number of fused-ring (bicyclic) bond motifs is 3. The van der Waals surface area contributed by atoms with Gasteiger partial charge in [0.2, 0.25) is 5.91 Å². The Morgan fingerprint density at radius 3 is 2.81 bits per heavy atom. The lowest BCUT2D eigenvalue weighted by Crippen LogP contribution is -2.41. The number of nitrogens with zero attached hydrogens (tertiary/aromatic N) is 3. The smallest absolute Gasteiger partial charge is 0.240 e. The summed E-state index contributed by atoms with van der Waals surface area (Å²) in [5.41, 5.74) is 6.99. The van der Waals surface area contributed by atoms with Crippen molar-refractivity contribution in [3.63, 3.8) is 0 Å². The minimum atomic E-state index is -0.594. The molecule has 3 N–H and O–H groups in total. The minimum absolute atomic E-state index is 0.335. The summed E-state index contributed by atoms with van der Waals surface area (Å²) >= 11 is 9.38. The summed E-state index contributed by atoms with van der Waals surface area (Å²) in [6.45, 7) is 0.355. The van der Waals surface area contributed by atoms with Crippen molar-refractivity contribution < 1.29 is 9.90 Å². The number of carbonyl (C=O) groups excluding carboxylic acids is 1. The van der Waals surface area contributed by atoms with E-state index in [4.69, 9.17) is 27.3 Å². The molecule has 2 aliphatic rings. The molecule has 1 saturated heterocycles. The first-order valence-electron chi connectivity index (χ1n) is 10.4. The number of hydrogen-bond acceptors (Lipinski definition) is 7. The Labute approximate surface area is 193 Å². The predicted molar refractivity (Wildman–Crippen MR) is 126 cm³/mol. The lowest BCUT2D eigenvalue weighted by atomic mass is 9.97. The highest BCUT2D eigenvalue weighted by atomic mass is 35.5. The van der Waals surface area contributed by atoms with Crippen molar-refractivity contribution in [2.45, 2.75) is 54.9 Å². The van der Waals surface area contributed by atoms with Gasteiger partial charge in [0.15, 0.2) is 0 Å². The number of benzene rings is 1. The first kappa shape index (κ1) is 21.0. The number of primary amides is 1. The van der Waals surface area contributed by atoms with E-state index in [2.05, 4.69) is 0 Å². The average Bonchev–Trinajstić information content (AvgIpc) is 3.33. The van der Waals surface area contributed by atoms with E-state index in [9.17, 15) is 9.90 Å². The van der Waals surface area contributed by atoms with Gasteiger partial charge >= 0.3 is 0 Å². The molecule has 162 valence electrons. The van der Waals surface area contributed by atoms with Crippen LogP contribution in [0.3, 0.4) is 0 Å². The Balaban J connectivity index is 1.56. The van der Waals surface area contributed by atoms with Crippen LogP contribution in [0.1, 0.15) is 35.5 Å². The summed E-state index contributed by atoms with van der Waals surface area (Å²) in [5, 5.41) is 12.0. The van der Waals surface area contributed by atoms with Gasteiger partial charge in [0.05, 0.1) is 17.2 Å². The molecule has 9 heteroatoms. The molecule has 1 aliphatic heterocycles. The molecule has 3 aromatic rings. The molecule has 0 unspecified atom stereocenters. The predicted octanol–water partition coefficient (Wildman–Crippen LogP) is 3.94. The number of rotatable bonds is 5. The van der Waals surface area contributed by atoms with Crippen LogP contribution in [0.25, 0.3) is 10.2 Å². The number of aromatic nitrogens is 2. The van der Waals surface area contributed by atoms with Crippen molar-refractivity contribution in [2.75, 3.05) is 11.4 Å². The van der Waals surface area contributed by atoms with E-state index in [1.165, 1.54) is 16.9 Å². The Hall–Kier alpha value is -1.87. The molecule has 1 aliphatic carbocycles. The van der Waals surface area contributed by atoms with Gasteiger partial charge in [-0.25, -0.2) is 9.97 Å². The molecule has 1 fully saturated rings. The van der Waals surface area contributed by atoms with Crippen molar-refractivity contribution in [2.24, 2.45) is 5.73 Å². The second-order valence-corrected chi connectivity index (χ2v) is 10.6. The van der Waals surface area contributed by atoms with E-state index in [1.54, 1.807) is 23.1 Å². The third kappa shape index (κ3) is 4.14. The highest BCUT2D eigenvalue weighted by molar-refractivity contribution is 7.98. The molecule has 31 heavy (non-hydrogen) atoms. The number of hydrogen-bond donors (Lipinski definition) is 2. The van der Waals surface area contributed by atoms with Crippen molar-refractivity contribution in [1.29, 1.82) is 0 Å². The number of β-amino-alcohol motifs (C(OH)–C–C–N with tert-alkyl or cyclic N) is 1. The zero-order valence-electron chi connectivity index (χ0n) is 16.9. The van der Waals surface area contributed by atoms with Gasteiger partial charge in [-0.15, -0.1) is 23.1 Å². The number of halogens is 1. The maximum Gasteiger partial charge on any atom is 0.240 e. The summed E-state index contributed by atoms with van der Waals surface area (Å²) in [4.78, 5) is 27.3. The number of aliphatic hydroxyl groups is 1. The molecule has 6 nitrogen and oxygen atoms in total. The number of thiophene rings is 1. The van der Waals surface area contributed by atoms with Crippen LogP contribution in [0.4, 0.5) is 5.82 Å². The van der Waals surface area contributed by atoms with E-state index in [1.807, 2.05) is 29.2 Å². The summed E-state index contributed by atoms with van der Waals surface area (Å²) < 4.78 is 0. The average molecular weight is 475 g/mol. The standard InChI is InChI=1S/C22H23ClN4O2S2/c23-12-5-7-14(8-6-12)30-11-18-25-21(27-10-13(28)9-16(27)20(24)29)19-15-3-1-2-4-17(15)31-22(19)26-18/h5-8,13,16,28H,1-4,9-11H2,(H2,24,29)/t13-,16-/m0/s1. The second kappa shape index (κ2) is 8.58. The summed E-state index contributed by atoms with van der Waals surface area (Å²) in [5.74, 6) is 1.64. The van der Waals surface area contributed by atoms with Crippen molar-refractivity contribution in [1.82, 2.24) is 9.97 Å². The van der Waals surface area contributed by atoms with Crippen LogP contribution < -0.4 is 10.6 Å². The molecule has 0 spiro atoms. The van der Waals surface area contributed by atoms with E-state index < -0.39 is 18.1 Å². The quantitative estimate of drug-likeness (QED) is 0.544. The third-order valence-corrected chi connectivity index (χ3v) is 8.35. The van der Waals surface area contributed by atoms with Crippen LogP contribution in [0.15, 0.2) is 29.2 Å². The van der Waals surface area contributed by atoms with Crippen molar-refractivity contribution >= 4 is 56.6 Å². The molecular weight excluding hydrogens is 452 g/mol. The zero-order chi connectivity index (χ0) is 21.5.